The molecule has 0 aliphatic rings. The number of hydrogen-bond acceptors (Lipinski definition) is 3. The van der Waals surface area contributed by atoms with Crippen LogP contribution in [0.4, 0.5) is 0 Å². The summed E-state index contributed by atoms with van der Waals surface area (Å²) < 4.78 is 5.60. The van der Waals surface area contributed by atoms with E-state index in [9.17, 15) is 4.79 Å². The van der Waals surface area contributed by atoms with Crippen molar-refractivity contribution in [2.45, 2.75) is 52.8 Å². The molecule has 112 valence electrons. The molecule has 4 nitrogen and oxygen atoms in total. The van der Waals surface area contributed by atoms with Crippen molar-refractivity contribution in [2.75, 3.05) is 0 Å². The number of nitrogens with two attached hydrogens (primary N) is 1. The monoisotopic (exact) mass is 278 g/mol. The fourth-order valence-electron chi connectivity index (χ4n) is 1.77. The molecule has 3 atom stereocenters. The van der Waals surface area contributed by atoms with Crippen LogP contribution in [0.3, 0.4) is 0 Å². The van der Waals surface area contributed by atoms with Crippen LogP contribution in [0, 0.1) is 5.92 Å². The molecular formula is C16H26N2O2. The number of benzene rings is 1. The SMILES string of the molecule is CC(C)Oc1ccc(C(C)NC(=O)C(C)C(C)N)cc1. The average Bonchev–Trinajstić information content (AvgIpc) is 2.37. The second-order valence-electron chi connectivity index (χ2n) is 5.61. The summed E-state index contributed by atoms with van der Waals surface area (Å²) in [6.07, 6.45) is 0.157. The number of hydrogen-bond donors (Lipinski definition) is 2. The first kappa shape index (κ1) is 16.5. The second-order valence-corrected chi connectivity index (χ2v) is 5.61. The van der Waals surface area contributed by atoms with Crippen molar-refractivity contribution in [1.82, 2.24) is 5.32 Å². The van der Waals surface area contributed by atoms with Crippen LogP contribution in [0.15, 0.2) is 24.3 Å². The molecule has 0 saturated heterocycles. The van der Waals surface area contributed by atoms with Gasteiger partial charge >= 0.3 is 0 Å². The minimum Gasteiger partial charge on any atom is -0.491 e. The molecule has 20 heavy (non-hydrogen) atoms. The molecule has 1 aromatic rings. The van der Waals surface area contributed by atoms with E-state index in [4.69, 9.17) is 10.5 Å². The van der Waals surface area contributed by atoms with E-state index >= 15 is 0 Å². The van der Waals surface area contributed by atoms with Gasteiger partial charge in [0.05, 0.1) is 12.1 Å². The van der Waals surface area contributed by atoms with E-state index in [-0.39, 0.29) is 30.0 Å². The van der Waals surface area contributed by atoms with Crippen LogP contribution in [0.1, 0.15) is 46.2 Å². The largest absolute Gasteiger partial charge is 0.491 e. The highest BCUT2D eigenvalue weighted by atomic mass is 16.5. The van der Waals surface area contributed by atoms with Gasteiger partial charge in [-0.2, -0.15) is 0 Å². The van der Waals surface area contributed by atoms with Crippen molar-refractivity contribution in [1.29, 1.82) is 0 Å². The Morgan fingerprint density at radius 1 is 1.10 bits per heavy atom. The minimum atomic E-state index is -0.194. The predicted molar refractivity (Wildman–Crippen MR) is 81.6 cm³/mol. The molecule has 0 bridgehead atoms. The minimum absolute atomic E-state index is 0.0185. The van der Waals surface area contributed by atoms with E-state index in [1.165, 1.54) is 0 Å². The summed E-state index contributed by atoms with van der Waals surface area (Å²) in [6, 6.07) is 7.60. The van der Waals surface area contributed by atoms with Crippen molar-refractivity contribution in [2.24, 2.45) is 11.7 Å². The van der Waals surface area contributed by atoms with Crippen LogP contribution in [0.5, 0.6) is 5.75 Å². The third-order valence-corrected chi connectivity index (χ3v) is 3.31. The highest BCUT2D eigenvalue weighted by molar-refractivity contribution is 5.79. The van der Waals surface area contributed by atoms with Crippen LogP contribution >= 0.6 is 0 Å². The van der Waals surface area contributed by atoms with Gasteiger partial charge in [-0.3, -0.25) is 4.79 Å². The first-order chi connectivity index (χ1) is 9.31. The van der Waals surface area contributed by atoms with Crippen molar-refractivity contribution in [3.63, 3.8) is 0 Å². The van der Waals surface area contributed by atoms with Crippen LogP contribution in [0.25, 0.3) is 0 Å². The molecule has 0 saturated carbocycles. The number of carbonyl (C=O) groups is 1. The first-order valence-corrected chi connectivity index (χ1v) is 7.13. The summed E-state index contributed by atoms with van der Waals surface area (Å²) >= 11 is 0. The Morgan fingerprint density at radius 3 is 2.10 bits per heavy atom. The van der Waals surface area contributed by atoms with E-state index in [1.54, 1.807) is 0 Å². The van der Waals surface area contributed by atoms with Crippen molar-refractivity contribution < 1.29 is 9.53 Å². The Balaban J connectivity index is 2.63. The summed E-state index contributed by atoms with van der Waals surface area (Å²) in [5, 5.41) is 2.98. The third kappa shape index (κ3) is 4.85. The average molecular weight is 278 g/mol. The summed E-state index contributed by atoms with van der Waals surface area (Å²) in [6.45, 7) is 9.63. The van der Waals surface area contributed by atoms with Crippen LogP contribution in [-0.4, -0.2) is 18.1 Å². The highest BCUT2D eigenvalue weighted by Crippen LogP contribution is 2.19. The Morgan fingerprint density at radius 2 is 1.65 bits per heavy atom. The predicted octanol–water partition coefficient (Wildman–Crippen LogP) is 2.63. The van der Waals surface area contributed by atoms with Gasteiger partial charge in [-0.05, 0) is 45.4 Å². The summed E-state index contributed by atoms with van der Waals surface area (Å²) in [5.41, 5.74) is 6.79. The van der Waals surface area contributed by atoms with Gasteiger partial charge in [-0.1, -0.05) is 19.1 Å². The highest BCUT2D eigenvalue weighted by Gasteiger charge is 2.19. The van der Waals surface area contributed by atoms with Crippen LogP contribution < -0.4 is 15.8 Å². The molecule has 0 aromatic heterocycles. The van der Waals surface area contributed by atoms with Gasteiger partial charge in [0.1, 0.15) is 5.75 Å². The van der Waals surface area contributed by atoms with E-state index in [2.05, 4.69) is 5.32 Å². The van der Waals surface area contributed by atoms with Crippen molar-refractivity contribution in [3.8, 4) is 5.75 Å². The molecule has 0 fully saturated rings. The Kier molecular flexibility index (Phi) is 6.02. The van der Waals surface area contributed by atoms with Crippen LogP contribution in [-0.2, 0) is 4.79 Å². The molecule has 0 heterocycles. The maximum atomic E-state index is 12.0. The first-order valence-electron chi connectivity index (χ1n) is 7.13. The van der Waals surface area contributed by atoms with Gasteiger partial charge in [0.15, 0.2) is 0 Å². The Bertz CT molecular complexity index is 427. The van der Waals surface area contributed by atoms with E-state index in [1.807, 2.05) is 58.9 Å². The molecule has 1 amide bonds. The zero-order chi connectivity index (χ0) is 15.3. The maximum absolute atomic E-state index is 12.0. The lowest BCUT2D eigenvalue weighted by molar-refractivity contribution is -0.125. The van der Waals surface area contributed by atoms with Gasteiger partial charge < -0.3 is 15.8 Å². The van der Waals surface area contributed by atoms with E-state index in [0.717, 1.165) is 11.3 Å². The number of rotatable bonds is 6. The zero-order valence-electron chi connectivity index (χ0n) is 13.0. The quantitative estimate of drug-likeness (QED) is 0.840. The Hall–Kier alpha value is -1.55. The summed E-state index contributed by atoms with van der Waals surface area (Å²) in [5.74, 6) is 0.627. The molecule has 3 N–H and O–H groups in total. The molecule has 1 aromatic carbocycles. The molecule has 1 rings (SSSR count). The number of ether oxygens (including phenoxy) is 1. The molecular weight excluding hydrogens is 252 g/mol. The molecule has 0 spiro atoms. The van der Waals surface area contributed by atoms with Crippen molar-refractivity contribution >= 4 is 5.91 Å². The van der Waals surface area contributed by atoms with Crippen molar-refractivity contribution in [3.05, 3.63) is 29.8 Å². The lowest BCUT2D eigenvalue weighted by Crippen LogP contribution is -2.39. The lowest BCUT2D eigenvalue weighted by Gasteiger charge is -2.20. The fourth-order valence-corrected chi connectivity index (χ4v) is 1.77. The Labute approximate surface area is 121 Å². The number of nitrogens with one attached hydrogen (secondary N) is 1. The third-order valence-electron chi connectivity index (χ3n) is 3.31. The number of amides is 1. The molecule has 3 unspecified atom stereocenters. The lowest BCUT2D eigenvalue weighted by atomic mass is 10.0. The molecule has 0 aliphatic carbocycles. The van der Waals surface area contributed by atoms with Gasteiger partial charge in [0, 0.05) is 12.0 Å². The van der Waals surface area contributed by atoms with E-state index in [0.29, 0.717) is 0 Å². The normalized spacial score (nSPS) is 15.6. The molecule has 4 heteroatoms. The summed E-state index contributed by atoms with van der Waals surface area (Å²) in [4.78, 5) is 12.0. The summed E-state index contributed by atoms with van der Waals surface area (Å²) in [7, 11) is 0. The fraction of sp³-hybridized carbons (Fsp3) is 0.562. The second kappa shape index (κ2) is 7.29. The standard InChI is InChI=1S/C16H26N2O2/c1-10(2)20-15-8-6-14(7-9-15)13(5)18-16(19)11(3)12(4)17/h6-13H,17H2,1-5H3,(H,18,19). The topological polar surface area (TPSA) is 64.3 Å². The van der Waals surface area contributed by atoms with Gasteiger partial charge in [0.2, 0.25) is 5.91 Å². The maximum Gasteiger partial charge on any atom is 0.224 e. The van der Waals surface area contributed by atoms with E-state index < -0.39 is 0 Å². The molecule has 0 aliphatic heterocycles. The van der Waals surface area contributed by atoms with Crippen LogP contribution in [0.2, 0.25) is 0 Å². The van der Waals surface area contributed by atoms with Gasteiger partial charge in [0.25, 0.3) is 0 Å². The zero-order valence-corrected chi connectivity index (χ0v) is 13.0. The van der Waals surface area contributed by atoms with Gasteiger partial charge in [-0.15, -0.1) is 0 Å². The van der Waals surface area contributed by atoms with Gasteiger partial charge in [-0.25, -0.2) is 0 Å². The number of carbonyl (C=O) groups excluding carboxylic acids is 1. The molecule has 0 radical (unpaired) electrons. The smallest absolute Gasteiger partial charge is 0.224 e.